The molecule has 2 aromatic rings. The summed E-state index contributed by atoms with van der Waals surface area (Å²) in [4.78, 5) is 14.0. The smallest absolute Gasteiger partial charge is 0.257 e. The highest BCUT2D eigenvalue weighted by Gasteiger charge is 2.22. The number of amides is 1. The summed E-state index contributed by atoms with van der Waals surface area (Å²) in [5.41, 5.74) is 7.70. The zero-order valence-electron chi connectivity index (χ0n) is 12.8. The number of nitrogens with zero attached hydrogens (tertiary/aromatic N) is 1. The van der Waals surface area contributed by atoms with Crippen molar-refractivity contribution in [2.45, 2.75) is 6.30 Å². The number of hydrogen-bond acceptors (Lipinski definition) is 4. The van der Waals surface area contributed by atoms with E-state index in [2.05, 4.69) is 5.32 Å². The van der Waals surface area contributed by atoms with Crippen LogP contribution in [-0.2, 0) is 4.74 Å². The SMILES string of the molecule is Nc1cc(Cl)ccc1C(=O)Nc1cccc(N2CCOCC2F)c1. The molecule has 1 fully saturated rings. The summed E-state index contributed by atoms with van der Waals surface area (Å²) >= 11 is 5.84. The molecule has 1 heterocycles. The van der Waals surface area contributed by atoms with Crippen LogP contribution in [0.3, 0.4) is 0 Å². The fourth-order valence-corrected chi connectivity index (χ4v) is 2.75. The van der Waals surface area contributed by atoms with Gasteiger partial charge < -0.3 is 20.7 Å². The van der Waals surface area contributed by atoms with Crippen molar-refractivity contribution in [3.05, 3.63) is 53.1 Å². The van der Waals surface area contributed by atoms with Crippen molar-refractivity contribution in [2.24, 2.45) is 0 Å². The van der Waals surface area contributed by atoms with Gasteiger partial charge in [-0.05, 0) is 36.4 Å². The number of nitrogens with one attached hydrogen (secondary N) is 1. The van der Waals surface area contributed by atoms with E-state index in [1.807, 2.05) is 0 Å². The van der Waals surface area contributed by atoms with Gasteiger partial charge in [-0.1, -0.05) is 17.7 Å². The van der Waals surface area contributed by atoms with Crippen molar-refractivity contribution in [2.75, 3.05) is 35.7 Å². The van der Waals surface area contributed by atoms with Crippen molar-refractivity contribution < 1.29 is 13.9 Å². The van der Waals surface area contributed by atoms with Crippen LogP contribution in [-0.4, -0.2) is 32.0 Å². The van der Waals surface area contributed by atoms with Gasteiger partial charge in [0.25, 0.3) is 5.91 Å². The molecule has 0 bridgehead atoms. The third-order valence-corrected chi connectivity index (χ3v) is 4.00. The first-order valence-electron chi connectivity index (χ1n) is 7.49. The molecule has 0 spiro atoms. The molecule has 126 valence electrons. The number of benzene rings is 2. The van der Waals surface area contributed by atoms with E-state index in [-0.39, 0.29) is 12.5 Å². The van der Waals surface area contributed by atoms with Crippen LogP contribution in [0, 0.1) is 0 Å². The van der Waals surface area contributed by atoms with Gasteiger partial charge in [0.05, 0.1) is 18.8 Å². The number of carbonyl (C=O) groups excluding carboxylic acids is 1. The molecule has 0 aromatic heterocycles. The van der Waals surface area contributed by atoms with Crippen LogP contribution in [0.15, 0.2) is 42.5 Å². The molecule has 3 rings (SSSR count). The molecule has 1 unspecified atom stereocenters. The van der Waals surface area contributed by atoms with E-state index in [9.17, 15) is 9.18 Å². The Kier molecular flexibility index (Phi) is 4.87. The predicted octanol–water partition coefficient (Wildman–Crippen LogP) is 3.31. The van der Waals surface area contributed by atoms with Gasteiger partial charge in [0.1, 0.15) is 0 Å². The summed E-state index contributed by atoms with van der Waals surface area (Å²) in [6, 6.07) is 11.7. The highest BCUT2D eigenvalue weighted by atomic mass is 35.5. The third-order valence-electron chi connectivity index (χ3n) is 3.76. The molecule has 0 radical (unpaired) electrons. The summed E-state index contributed by atoms with van der Waals surface area (Å²) in [6.45, 7) is 0.971. The number of halogens is 2. The summed E-state index contributed by atoms with van der Waals surface area (Å²) in [5.74, 6) is -0.347. The highest BCUT2D eigenvalue weighted by Crippen LogP contribution is 2.25. The molecular weight excluding hydrogens is 333 g/mol. The number of alkyl halides is 1. The molecule has 1 aliphatic heterocycles. The first-order valence-corrected chi connectivity index (χ1v) is 7.87. The second-order valence-electron chi connectivity index (χ2n) is 5.44. The maximum Gasteiger partial charge on any atom is 0.257 e. The van der Waals surface area contributed by atoms with Gasteiger partial charge in [-0.25, -0.2) is 4.39 Å². The highest BCUT2D eigenvalue weighted by molar-refractivity contribution is 6.31. The Morgan fingerprint density at radius 2 is 2.17 bits per heavy atom. The third kappa shape index (κ3) is 3.60. The van der Waals surface area contributed by atoms with E-state index in [1.54, 1.807) is 41.3 Å². The molecule has 2 aromatic carbocycles. The van der Waals surface area contributed by atoms with Crippen LogP contribution in [0.2, 0.25) is 5.02 Å². The zero-order valence-corrected chi connectivity index (χ0v) is 13.6. The van der Waals surface area contributed by atoms with Gasteiger partial charge in [-0.3, -0.25) is 4.79 Å². The van der Waals surface area contributed by atoms with Crippen molar-refractivity contribution >= 4 is 34.6 Å². The van der Waals surface area contributed by atoms with Crippen LogP contribution in [0.4, 0.5) is 21.5 Å². The van der Waals surface area contributed by atoms with Gasteiger partial charge in [-0.2, -0.15) is 0 Å². The minimum atomic E-state index is -1.20. The Bertz CT molecular complexity index is 756. The first-order chi connectivity index (χ1) is 11.5. The number of nitrogen functional groups attached to an aromatic ring is 1. The monoisotopic (exact) mass is 349 g/mol. The van der Waals surface area contributed by atoms with Crippen LogP contribution >= 0.6 is 11.6 Å². The number of morpholine rings is 1. The van der Waals surface area contributed by atoms with Crippen molar-refractivity contribution in [3.8, 4) is 0 Å². The lowest BCUT2D eigenvalue weighted by atomic mass is 10.1. The van der Waals surface area contributed by atoms with E-state index in [0.717, 1.165) is 0 Å². The molecule has 1 amide bonds. The van der Waals surface area contributed by atoms with Crippen molar-refractivity contribution in [3.63, 3.8) is 0 Å². The van der Waals surface area contributed by atoms with Crippen LogP contribution < -0.4 is 16.0 Å². The summed E-state index contributed by atoms with van der Waals surface area (Å²) < 4.78 is 19.1. The number of hydrogen-bond donors (Lipinski definition) is 2. The number of nitrogens with two attached hydrogens (primary N) is 1. The Labute approximate surface area is 144 Å². The molecule has 7 heteroatoms. The minimum Gasteiger partial charge on any atom is -0.398 e. The minimum absolute atomic E-state index is 0.0396. The van der Waals surface area contributed by atoms with E-state index in [0.29, 0.717) is 40.8 Å². The molecular formula is C17H17ClFN3O2. The van der Waals surface area contributed by atoms with Crippen LogP contribution in [0.1, 0.15) is 10.4 Å². The van der Waals surface area contributed by atoms with E-state index in [4.69, 9.17) is 22.1 Å². The van der Waals surface area contributed by atoms with E-state index >= 15 is 0 Å². The summed E-state index contributed by atoms with van der Waals surface area (Å²) in [6.07, 6.45) is -1.20. The van der Waals surface area contributed by atoms with Crippen LogP contribution in [0.5, 0.6) is 0 Å². The van der Waals surface area contributed by atoms with Gasteiger partial charge in [0.15, 0.2) is 6.30 Å². The standard InChI is InChI=1S/C17H17ClFN3O2/c18-11-4-5-14(15(20)8-11)17(23)21-12-2-1-3-13(9-12)22-6-7-24-10-16(22)19/h1-5,8-9,16H,6-7,10,20H2,(H,21,23). The first kappa shape index (κ1) is 16.5. The van der Waals surface area contributed by atoms with Gasteiger partial charge in [-0.15, -0.1) is 0 Å². The van der Waals surface area contributed by atoms with Gasteiger partial charge >= 0.3 is 0 Å². The lowest BCUT2D eigenvalue weighted by Gasteiger charge is -2.32. The lowest BCUT2D eigenvalue weighted by molar-refractivity contribution is 0.0497. The fourth-order valence-electron chi connectivity index (χ4n) is 2.57. The van der Waals surface area contributed by atoms with Gasteiger partial charge in [0, 0.05) is 28.6 Å². The maximum atomic E-state index is 14.0. The molecule has 1 saturated heterocycles. The Balaban J connectivity index is 1.78. The molecule has 1 aliphatic rings. The number of carbonyl (C=O) groups is 1. The van der Waals surface area contributed by atoms with Gasteiger partial charge in [0.2, 0.25) is 0 Å². The normalized spacial score (nSPS) is 17.6. The zero-order chi connectivity index (χ0) is 17.1. The Morgan fingerprint density at radius 1 is 1.33 bits per heavy atom. The van der Waals surface area contributed by atoms with E-state index < -0.39 is 6.30 Å². The second-order valence-corrected chi connectivity index (χ2v) is 5.88. The predicted molar refractivity (Wildman–Crippen MR) is 93.3 cm³/mol. The average Bonchev–Trinajstić information content (AvgIpc) is 2.55. The lowest BCUT2D eigenvalue weighted by Crippen LogP contribution is -2.42. The quantitative estimate of drug-likeness (QED) is 0.659. The van der Waals surface area contributed by atoms with Crippen LogP contribution in [0.25, 0.3) is 0 Å². The maximum absolute atomic E-state index is 14.0. The molecule has 5 nitrogen and oxygen atoms in total. The van der Waals surface area contributed by atoms with Crippen molar-refractivity contribution in [1.82, 2.24) is 0 Å². The molecule has 3 N–H and O–H groups in total. The Hall–Kier alpha value is -2.31. The van der Waals surface area contributed by atoms with Crippen molar-refractivity contribution in [1.29, 1.82) is 0 Å². The molecule has 0 saturated carbocycles. The molecule has 24 heavy (non-hydrogen) atoms. The molecule has 0 aliphatic carbocycles. The Morgan fingerprint density at radius 3 is 2.92 bits per heavy atom. The second kappa shape index (κ2) is 7.07. The fraction of sp³-hybridized carbons (Fsp3) is 0.235. The summed E-state index contributed by atoms with van der Waals surface area (Å²) in [5, 5.41) is 3.24. The largest absolute Gasteiger partial charge is 0.398 e. The number of ether oxygens (including phenoxy) is 1. The number of anilines is 3. The summed E-state index contributed by atoms with van der Waals surface area (Å²) in [7, 11) is 0. The number of rotatable bonds is 3. The van der Waals surface area contributed by atoms with E-state index in [1.165, 1.54) is 6.07 Å². The molecule has 1 atom stereocenters. The average molecular weight is 350 g/mol. The topological polar surface area (TPSA) is 67.6 Å².